The molecule has 1 aromatic carbocycles. The highest BCUT2D eigenvalue weighted by Crippen LogP contribution is 2.29. The van der Waals surface area contributed by atoms with Crippen molar-refractivity contribution >= 4 is 15.9 Å². The van der Waals surface area contributed by atoms with Gasteiger partial charge in [-0.2, -0.15) is 5.26 Å². The average molecular weight is 293 g/mol. The number of benzene rings is 1. The molecule has 1 aromatic rings. The Labute approximate surface area is 111 Å². The fraction of sp³-hybridized carbons (Fsp3) is 0.500. The average Bonchev–Trinajstić information content (AvgIpc) is 2.76. The highest BCUT2D eigenvalue weighted by molar-refractivity contribution is 9.10. The minimum absolute atomic E-state index is 0.180. The van der Waals surface area contributed by atoms with Gasteiger partial charge in [-0.15, -0.1) is 0 Å². The SMILES string of the molecule is CC(NC1CCCC1C#N)c1ccccc1Br. The Morgan fingerprint density at radius 1 is 1.41 bits per heavy atom. The van der Waals surface area contributed by atoms with Gasteiger partial charge in [0.1, 0.15) is 0 Å². The molecule has 3 heteroatoms. The summed E-state index contributed by atoms with van der Waals surface area (Å²) in [5.41, 5.74) is 1.26. The van der Waals surface area contributed by atoms with E-state index < -0.39 is 0 Å². The predicted octanol–water partition coefficient (Wildman–Crippen LogP) is 3.79. The Bertz CT molecular complexity index is 424. The van der Waals surface area contributed by atoms with Crippen LogP contribution in [0.25, 0.3) is 0 Å². The predicted molar refractivity (Wildman–Crippen MR) is 72.4 cm³/mol. The molecule has 90 valence electrons. The van der Waals surface area contributed by atoms with Gasteiger partial charge >= 0.3 is 0 Å². The van der Waals surface area contributed by atoms with E-state index in [4.69, 9.17) is 5.26 Å². The van der Waals surface area contributed by atoms with Gasteiger partial charge in [-0.25, -0.2) is 0 Å². The first-order valence-corrected chi connectivity index (χ1v) is 6.91. The molecule has 17 heavy (non-hydrogen) atoms. The van der Waals surface area contributed by atoms with Crippen molar-refractivity contribution in [3.63, 3.8) is 0 Å². The van der Waals surface area contributed by atoms with Crippen LogP contribution < -0.4 is 5.32 Å². The Hall–Kier alpha value is -0.850. The smallest absolute Gasteiger partial charge is 0.0672 e. The fourth-order valence-electron chi connectivity index (χ4n) is 2.55. The van der Waals surface area contributed by atoms with Gasteiger partial charge in [0.2, 0.25) is 0 Å². The summed E-state index contributed by atoms with van der Waals surface area (Å²) in [6, 6.07) is 11.3. The number of rotatable bonds is 3. The largest absolute Gasteiger partial charge is 0.306 e. The lowest BCUT2D eigenvalue weighted by Crippen LogP contribution is -2.34. The zero-order valence-corrected chi connectivity index (χ0v) is 11.6. The van der Waals surface area contributed by atoms with Gasteiger partial charge in [-0.05, 0) is 31.4 Å². The van der Waals surface area contributed by atoms with Crippen LogP contribution in [0.4, 0.5) is 0 Å². The Kier molecular flexibility index (Phi) is 4.20. The van der Waals surface area contributed by atoms with Crippen LogP contribution in [0.2, 0.25) is 0 Å². The third-order valence-corrected chi connectivity index (χ3v) is 4.24. The maximum Gasteiger partial charge on any atom is 0.0672 e. The lowest BCUT2D eigenvalue weighted by atomic mass is 10.0. The van der Waals surface area contributed by atoms with Crippen LogP contribution in [0.1, 0.15) is 37.8 Å². The van der Waals surface area contributed by atoms with Crippen LogP contribution in [-0.4, -0.2) is 6.04 Å². The van der Waals surface area contributed by atoms with E-state index in [1.807, 2.05) is 6.07 Å². The van der Waals surface area contributed by atoms with E-state index in [-0.39, 0.29) is 12.0 Å². The molecular weight excluding hydrogens is 276 g/mol. The second-order valence-electron chi connectivity index (χ2n) is 4.68. The van der Waals surface area contributed by atoms with Crippen molar-refractivity contribution in [3.8, 4) is 6.07 Å². The van der Waals surface area contributed by atoms with E-state index in [2.05, 4.69) is 52.4 Å². The van der Waals surface area contributed by atoms with Crippen molar-refractivity contribution in [2.45, 2.75) is 38.3 Å². The maximum absolute atomic E-state index is 9.08. The van der Waals surface area contributed by atoms with Crippen LogP contribution in [0.15, 0.2) is 28.7 Å². The summed E-state index contributed by atoms with van der Waals surface area (Å²) < 4.78 is 1.13. The van der Waals surface area contributed by atoms with Crippen molar-refractivity contribution < 1.29 is 0 Å². The number of nitrogens with one attached hydrogen (secondary N) is 1. The first-order chi connectivity index (χ1) is 8.22. The molecule has 2 rings (SSSR count). The van der Waals surface area contributed by atoms with Crippen molar-refractivity contribution in [3.05, 3.63) is 34.3 Å². The van der Waals surface area contributed by atoms with Gasteiger partial charge in [-0.1, -0.05) is 40.5 Å². The number of halogens is 1. The molecule has 0 aromatic heterocycles. The minimum Gasteiger partial charge on any atom is -0.306 e. The van der Waals surface area contributed by atoms with E-state index in [0.29, 0.717) is 6.04 Å². The molecule has 0 amide bonds. The topological polar surface area (TPSA) is 35.8 Å². The molecule has 0 bridgehead atoms. The molecule has 0 spiro atoms. The molecule has 1 N–H and O–H groups in total. The van der Waals surface area contributed by atoms with Gasteiger partial charge in [0, 0.05) is 16.6 Å². The molecule has 0 radical (unpaired) electrons. The number of hydrogen-bond acceptors (Lipinski definition) is 2. The van der Waals surface area contributed by atoms with E-state index in [1.54, 1.807) is 0 Å². The lowest BCUT2D eigenvalue weighted by Gasteiger charge is -2.22. The van der Waals surface area contributed by atoms with Gasteiger partial charge in [0.15, 0.2) is 0 Å². The van der Waals surface area contributed by atoms with E-state index in [1.165, 1.54) is 12.0 Å². The Morgan fingerprint density at radius 2 is 2.18 bits per heavy atom. The van der Waals surface area contributed by atoms with Crippen LogP contribution in [0, 0.1) is 17.2 Å². The Balaban J connectivity index is 2.05. The summed E-state index contributed by atoms with van der Waals surface area (Å²) in [5.74, 6) is 0.180. The van der Waals surface area contributed by atoms with Crippen LogP contribution in [0.5, 0.6) is 0 Å². The van der Waals surface area contributed by atoms with Crippen LogP contribution >= 0.6 is 15.9 Å². The zero-order chi connectivity index (χ0) is 12.3. The van der Waals surface area contributed by atoms with Gasteiger partial charge in [0.25, 0.3) is 0 Å². The van der Waals surface area contributed by atoms with E-state index in [9.17, 15) is 0 Å². The maximum atomic E-state index is 9.08. The third kappa shape index (κ3) is 2.88. The zero-order valence-electron chi connectivity index (χ0n) is 9.99. The second-order valence-corrected chi connectivity index (χ2v) is 5.54. The van der Waals surface area contributed by atoms with E-state index in [0.717, 1.165) is 17.3 Å². The van der Waals surface area contributed by atoms with E-state index >= 15 is 0 Å². The molecule has 0 saturated heterocycles. The summed E-state index contributed by atoms with van der Waals surface area (Å²) in [7, 11) is 0. The molecule has 2 nitrogen and oxygen atoms in total. The van der Waals surface area contributed by atoms with Crippen molar-refractivity contribution in [1.29, 1.82) is 5.26 Å². The molecule has 3 unspecified atom stereocenters. The van der Waals surface area contributed by atoms with Crippen molar-refractivity contribution in [1.82, 2.24) is 5.32 Å². The Morgan fingerprint density at radius 3 is 2.88 bits per heavy atom. The first-order valence-electron chi connectivity index (χ1n) is 6.12. The quantitative estimate of drug-likeness (QED) is 0.920. The summed E-state index contributed by atoms with van der Waals surface area (Å²) in [6.07, 6.45) is 3.32. The van der Waals surface area contributed by atoms with Crippen LogP contribution in [-0.2, 0) is 0 Å². The highest BCUT2D eigenvalue weighted by atomic mass is 79.9. The number of nitriles is 1. The molecule has 3 atom stereocenters. The minimum atomic E-state index is 0.180. The summed E-state index contributed by atoms with van der Waals surface area (Å²) in [6.45, 7) is 2.16. The summed E-state index contributed by atoms with van der Waals surface area (Å²) in [4.78, 5) is 0. The standard InChI is InChI=1S/C14H17BrN2/c1-10(12-6-2-3-7-13(12)15)17-14-8-4-5-11(14)9-16/h2-3,6-7,10-11,14,17H,4-5,8H2,1H3. The molecule has 1 saturated carbocycles. The highest BCUT2D eigenvalue weighted by Gasteiger charge is 2.28. The normalized spacial score (nSPS) is 25.5. The molecule has 1 aliphatic rings. The molecular formula is C14H17BrN2. The molecule has 1 aliphatic carbocycles. The summed E-state index contributed by atoms with van der Waals surface area (Å²) in [5, 5.41) is 12.7. The van der Waals surface area contributed by atoms with Crippen LogP contribution in [0.3, 0.4) is 0 Å². The second kappa shape index (κ2) is 5.66. The fourth-order valence-corrected chi connectivity index (χ4v) is 3.18. The molecule has 1 fully saturated rings. The van der Waals surface area contributed by atoms with Crippen molar-refractivity contribution in [2.24, 2.45) is 5.92 Å². The number of nitrogens with zero attached hydrogens (tertiary/aromatic N) is 1. The number of hydrogen-bond donors (Lipinski definition) is 1. The lowest BCUT2D eigenvalue weighted by molar-refractivity contribution is 0.417. The molecule has 0 aliphatic heterocycles. The molecule has 0 heterocycles. The summed E-state index contributed by atoms with van der Waals surface area (Å²) >= 11 is 3.57. The van der Waals surface area contributed by atoms with Gasteiger partial charge in [-0.3, -0.25) is 0 Å². The van der Waals surface area contributed by atoms with Crippen molar-refractivity contribution in [2.75, 3.05) is 0 Å². The monoisotopic (exact) mass is 292 g/mol. The van der Waals surface area contributed by atoms with Gasteiger partial charge in [0.05, 0.1) is 12.0 Å². The van der Waals surface area contributed by atoms with Gasteiger partial charge < -0.3 is 5.32 Å². The third-order valence-electron chi connectivity index (χ3n) is 3.52. The first kappa shape index (κ1) is 12.6.